The Morgan fingerprint density at radius 3 is 2.37 bits per heavy atom. The minimum Gasteiger partial charge on any atom is -0.497 e. The number of methoxy groups -OCH3 is 2. The monoisotopic (exact) mass is 277 g/mol. The summed E-state index contributed by atoms with van der Waals surface area (Å²) in [5, 5.41) is 2.49. The minimum atomic E-state index is -4.38. The van der Waals surface area contributed by atoms with E-state index in [0.29, 0.717) is 12.2 Å². The van der Waals surface area contributed by atoms with Gasteiger partial charge in [0.05, 0.1) is 14.2 Å². The first-order chi connectivity index (χ1) is 8.93. The van der Waals surface area contributed by atoms with Crippen LogP contribution in [0.1, 0.15) is 24.9 Å². The van der Waals surface area contributed by atoms with Crippen molar-refractivity contribution in [1.82, 2.24) is 5.32 Å². The second-order valence-corrected chi connectivity index (χ2v) is 4.04. The highest BCUT2D eigenvalue weighted by Gasteiger charge is 2.41. The van der Waals surface area contributed by atoms with Gasteiger partial charge in [-0.15, -0.1) is 0 Å². The number of ether oxygens (including phenoxy) is 2. The minimum absolute atomic E-state index is 0.0595. The van der Waals surface area contributed by atoms with Gasteiger partial charge in [-0.2, -0.15) is 13.2 Å². The summed E-state index contributed by atoms with van der Waals surface area (Å²) in [6.45, 7) is 2.09. The quantitative estimate of drug-likeness (QED) is 0.865. The summed E-state index contributed by atoms with van der Waals surface area (Å²) in [6, 6.07) is 2.57. The Balaban J connectivity index is 3.14. The predicted molar refractivity (Wildman–Crippen MR) is 66.6 cm³/mol. The molecule has 0 aliphatic carbocycles. The smallest absolute Gasteiger partial charge is 0.408 e. The zero-order valence-electron chi connectivity index (χ0n) is 11.2. The van der Waals surface area contributed by atoms with Crippen LogP contribution < -0.4 is 14.8 Å². The number of nitrogens with one attached hydrogen (secondary N) is 1. The van der Waals surface area contributed by atoms with Crippen LogP contribution in [0.5, 0.6) is 11.5 Å². The lowest BCUT2D eigenvalue weighted by Gasteiger charge is -2.24. The first-order valence-corrected chi connectivity index (χ1v) is 5.96. The topological polar surface area (TPSA) is 30.5 Å². The zero-order chi connectivity index (χ0) is 14.5. The summed E-state index contributed by atoms with van der Waals surface area (Å²) in [6.07, 6.45) is -3.76. The van der Waals surface area contributed by atoms with Gasteiger partial charge < -0.3 is 14.8 Å². The summed E-state index contributed by atoms with van der Waals surface area (Å²) in [4.78, 5) is 0. The van der Waals surface area contributed by atoms with Gasteiger partial charge in [-0.25, -0.2) is 0 Å². The molecule has 0 amide bonds. The van der Waals surface area contributed by atoms with E-state index in [4.69, 9.17) is 9.47 Å². The third kappa shape index (κ3) is 4.02. The molecule has 1 aromatic rings. The van der Waals surface area contributed by atoms with Crippen LogP contribution in [0, 0.1) is 0 Å². The third-order valence-electron chi connectivity index (χ3n) is 2.68. The van der Waals surface area contributed by atoms with Crippen LogP contribution >= 0.6 is 0 Å². The number of benzene rings is 1. The second-order valence-electron chi connectivity index (χ2n) is 4.04. The van der Waals surface area contributed by atoms with Crippen molar-refractivity contribution >= 4 is 0 Å². The predicted octanol–water partition coefficient (Wildman–Crippen LogP) is 3.31. The standard InChI is InChI=1S/C13H18F3NO2/c1-4-7-17-12(13(14,15)16)10-6-5-9(18-2)8-11(10)19-3/h5-6,8,12,17H,4,7H2,1-3H3. The lowest BCUT2D eigenvalue weighted by molar-refractivity contribution is -0.158. The van der Waals surface area contributed by atoms with E-state index in [-0.39, 0.29) is 17.9 Å². The van der Waals surface area contributed by atoms with Gasteiger partial charge in [-0.1, -0.05) is 6.92 Å². The van der Waals surface area contributed by atoms with Crippen LogP contribution in [-0.4, -0.2) is 26.9 Å². The summed E-state index contributed by atoms with van der Waals surface area (Å²) in [5.41, 5.74) is 0.0595. The largest absolute Gasteiger partial charge is 0.497 e. The molecule has 6 heteroatoms. The molecule has 0 heterocycles. The van der Waals surface area contributed by atoms with E-state index in [2.05, 4.69) is 5.32 Å². The molecule has 1 N–H and O–H groups in total. The van der Waals surface area contributed by atoms with Gasteiger partial charge in [-0.3, -0.25) is 0 Å². The molecule has 0 spiro atoms. The molecule has 0 radical (unpaired) electrons. The highest BCUT2D eigenvalue weighted by molar-refractivity contribution is 5.43. The van der Waals surface area contributed by atoms with Crippen molar-refractivity contribution in [2.45, 2.75) is 25.6 Å². The highest BCUT2D eigenvalue weighted by Crippen LogP contribution is 2.38. The fraction of sp³-hybridized carbons (Fsp3) is 0.538. The number of alkyl halides is 3. The Morgan fingerprint density at radius 1 is 1.21 bits per heavy atom. The fourth-order valence-corrected chi connectivity index (χ4v) is 1.75. The maximum atomic E-state index is 13.1. The van der Waals surface area contributed by atoms with Crippen LogP contribution in [0.3, 0.4) is 0 Å². The van der Waals surface area contributed by atoms with Gasteiger partial charge in [0.25, 0.3) is 0 Å². The van der Waals surface area contributed by atoms with Gasteiger partial charge in [0.1, 0.15) is 17.5 Å². The maximum absolute atomic E-state index is 13.1. The highest BCUT2D eigenvalue weighted by atomic mass is 19.4. The lowest BCUT2D eigenvalue weighted by atomic mass is 10.0. The summed E-state index contributed by atoms with van der Waals surface area (Å²) >= 11 is 0. The summed E-state index contributed by atoms with van der Waals surface area (Å²) in [5.74, 6) is 0.613. The Kier molecular flexibility index (Phi) is 5.47. The van der Waals surface area contributed by atoms with E-state index in [0.717, 1.165) is 0 Å². The van der Waals surface area contributed by atoms with Gasteiger partial charge in [0.2, 0.25) is 0 Å². The van der Waals surface area contributed by atoms with Gasteiger partial charge >= 0.3 is 6.18 Å². The average molecular weight is 277 g/mol. The lowest BCUT2D eigenvalue weighted by Crippen LogP contribution is -2.34. The molecule has 0 fully saturated rings. The van der Waals surface area contributed by atoms with Crippen molar-refractivity contribution in [2.75, 3.05) is 20.8 Å². The molecule has 1 aromatic carbocycles. The first-order valence-electron chi connectivity index (χ1n) is 5.96. The van der Waals surface area contributed by atoms with Crippen LogP contribution in [0.2, 0.25) is 0 Å². The van der Waals surface area contributed by atoms with Crippen LogP contribution in [0.4, 0.5) is 13.2 Å². The molecular weight excluding hydrogens is 259 g/mol. The molecule has 0 saturated carbocycles. The molecule has 1 rings (SSSR count). The molecule has 3 nitrogen and oxygen atoms in total. The van der Waals surface area contributed by atoms with Crippen LogP contribution in [0.25, 0.3) is 0 Å². The Morgan fingerprint density at radius 2 is 1.89 bits per heavy atom. The normalized spacial score (nSPS) is 13.2. The molecule has 108 valence electrons. The van der Waals surface area contributed by atoms with E-state index in [1.807, 2.05) is 6.92 Å². The number of hydrogen-bond donors (Lipinski definition) is 1. The van der Waals surface area contributed by atoms with E-state index in [1.54, 1.807) is 0 Å². The Labute approximate surface area is 110 Å². The van der Waals surface area contributed by atoms with Crippen molar-refractivity contribution < 1.29 is 22.6 Å². The molecular formula is C13H18F3NO2. The van der Waals surface area contributed by atoms with Gasteiger partial charge in [-0.05, 0) is 25.1 Å². The molecule has 0 aromatic heterocycles. The molecule has 1 atom stereocenters. The van der Waals surface area contributed by atoms with Crippen LogP contribution in [0.15, 0.2) is 18.2 Å². The van der Waals surface area contributed by atoms with Crippen molar-refractivity contribution in [3.8, 4) is 11.5 Å². The number of rotatable bonds is 6. The first kappa shape index (κ1) is 15.6. The SMILES string of the molecule is CCCNC(c1ccc(OC)cc1OC)C(F)(F)F. The van der Waals surface area contributed by atoms with Crippen molar-refractivity contribution in [1.29, 1.82) is 0 Å². The molecule has 19 heavy (non-hydrogen) atoms. The molecule has 0 aliphatic heterocycles. The summed E-state index contributed by atoms with van der Waals surface area (Å²) < 4.78 is 49.2. The molecule has 0 aliphatic rings. The number of halogens is 3. The van der Waals surface area contributed by atoms with Gasteiger partial charge in [0, 0.05) is 11.6 Å². The zero-order valence-corrected chi connectivity index (χ0v) is 11.2. The molecule has 1 unspecified atom stereocenters. The van der Waals surface area contributed by atoms with Gasteiger partial charge in [0.15, 0.2) is 0 Å². The van der Waals surface area contributed by atoms with Crippen molar-refractivity contribution in [2.24, 2.45) is 0 Å². The van der Waals surface area contributed by atoms with E-state index >= 15 is 0 Å². The van der Waals surface area contributed by atoms with E-state index in [9.17, 15) is 13.2 Å². The summed E-state index contributed by atoms with van der Waals surface area (Å²) in [7, 11) is 2.79. The average Bonchev–Trinajstić information content (AvgIpc) is 2.37. The Bertz CT molecular complexity index is 407. The third-order valence-corrected chi connectivity index (χ3v) is 2.68. The fourth-order valence-electron chi connectivity index (χ4n) is 1.75. The molecule has 0 saturated heterocycles. The maximum Gasteiger partial charge on any atom is 0.408 e. The van der Waals surface area contributed by atoms with E-state index < -0.39 is 12.2 Å². The Hall–Kier alpha value is -1.43. The van der Waals surface area contributed by atoms with Crippen molar-refractivity contribution in [3.05, 3.63) is 23.8 Å². The second kappa shape index (κ2) is 6.65. The van der Waals surface area contributed by atoms with E-state index in [1.165, 1.54) is 32.4 Å². The number of hydrogen-bond acceptors (Lipinski definition) is 3. The van der Waals surface area contributed by atoms with Crippen molar-refractivity contribution in [3.63, 3.8) is 0 Å². The van der Waals surface area contributed by atoms with Crippen LogP contribution in [-0.2, 0) is 0 Å². The molecule has 0 bridgehead atoms.